The maximum atomic E-state index is 13.9. The summed E-state index contributed by atoms with van der Waals surface area (Å²) >= 11 is 0. The van der Waals surface area contributed by atoms with E-state index in [-0.39, 0.29) is 53.1 Å². The summed E-state index contributed by atoms with van der Waals surface area (Å²) in [6, 6.07) is 12.8. The molecule has 2 saturated heterocycles. The number of alkyl carbamates (subject to hydrolysis) is 2. The van der Waals surface area contributed by atoms with Crippen LogP contribution < -0.4 is 16.0 Å². The quantitative estimate of drug-likeness (QED) is 0.147. The average Bonchev–Trinajstić information content (AvgIpc) is 4.03. The second-order valence-corrected chi connectivity index (χ2v) is 17.0. The van der Waals surface area contributed by atoms with Crippen molar-refractivity contribution in [2.24, 2.45) is 23.2 Å². The van der Waals surface area contributed by atoms with Crippen LogP contribution in [0.4, 0.5) is 9.59 Å². The van der Waals surface area contributed by atoms with Gasteiger partial charge in [-0.1, -0.05) is 82.6 Å². The molecule has 1 saturated carbocycles. The summed E-state index contributed by atoms with van der Waals surface area (Å²) in [5.41, 5.74) is 3.76. The van der Waals surface area contributed by atoms with Crippen molar-refractivity contribution in [2.45, 2.75) is 90.3 Å². The van der Waals surface area contributed by atoms with E-state index in [0.29, 0.717) is 44.6 Å². The molecule has 322 valence electrons. The minimum Gasteiger partial charge on any atom is -0.453 e. The van der Waals surface area contributed by atoms with Crippen LogP contribution in [0.3, 0.4) is 0 Å². The molecule has 4 amide bonds. The average molecular weight is 827 g/mol. The molecule has 0 radical (unpaired) electrons. The van der Waals surface area contributed by atoms with E-state index in [0.717, 1.165) is 47.5 Å². The van der Waals surface area contributed by atoms with Gasteiger partial charge in [0.2, 0.25) is 11.8 Å². The maximum absolute atomic E-state index is 13.9. The number of ketones is 2. The number of carbonyl (C=O) groups excluding carboxylic acids is 6. The van der Waals surface area contributed by atoms with Crippen molar-refractivity contribution >= 4 is 35.6 Å². The number of aromatic amines is 1. The Morgan fingerprint density at radius 2 is 1.42 bits per heavy atom. The molecule has 4 N–H and O–H groups in total. The van der Waals surface area contributed by atoms with Crippen LogP contribution in [0, 0.1) is 23.2 Å². The number of methoxy groups -OCH3 is 2. The predicted molar refractivity (Wildman–Crippen MR) is 223 cm³/mol. The van der Waals surface area contributed by atoms with Crippen molar-refractivity contribution in [3.63, 3.8) is 0 Å². The highest BCUT2D eigenvalue weighted by Crippen LogP contribution is 2.44. The number of rotatable bonds is 14. The van der Waals surface area contributed by atoms with Gasteiger partial charge in [0.25, 0.3) is 0 Å². The van der Waals surface area contributed by atoms with Gasteiger partial charge in [0.05, 0.1) is 38.7 Å². The number of benzene rings is 2. The Kier molecular flexibility index (Phi) is 14.1. The van der Waals surface area contributed by atoms with E-state index in [2.05, 4.69) is 25.9 Å². The fraction of sp³-hybridized carbons (Fsp3) is 0.533. The lowest BCUT2D eigenvalue weighted by Gasteiger charge is -2.34. The van der Waals surface area contributed by atoms with Gasteiger partial charge < -0.3 is 40.0 Å². The Hall–Kier alpha value is -5.57. The zero-order valence-corrected chi connectivity index (χ0v) is 35.4. The van der Waals surface area contributed by atoms with E-state index >= 15 is 0 Å². The van der Waals surface area contributed by atoms with Crippen LogP contribution in [0.1, 0.15) is 88.3 Å². The second-order valence-electron chi connectivity index (χ2n) is 17.0. The summed E-state index contributed by atoms with van der Waals surface area (Å²) in [4.78, 5) is 88.3. The lowest BCUT2D eigenvalue weighted by atomic mass is 9.78. The number of amides is 4. The highest BCUT2D eigenvalue weighted by molar-refractivity contribution is 6.01. The summed E-state index contributed by atoms with van der Waals surface area (Å²) < 4.78 is 15.1. The minimum atomic E-state index is -0.881. The number of nitrogens with one attached hydrogen (secondary N) is 4. The summed E-state index contributed by atoms with van der Waals surface area (Å²) in [5.74, 6) is -0.967. The van der Waals surface area contributed by atoms with Crippen molar-refractivity contribution in [1.29, 1.82) is 0 Å². The molecule has 5 atom stereocenters. The van der Waals surface area contributed by atoms with Gasteiger partial charge in [0, 0.05) is 37.2 Å². The highest BCUT2D eigenvalue weighted by Gasteiger charge is 2.50. The second kappa shape index (κ2) is 19.2. The molecule has 1 aliphatic carbocycles. The zero-order valence-electron chi connectivity index (χ0n) is 35.4. The van der Waals surface area contributed by atoms with E-state index in [1.165, 1.54) is 14.2 Å². The summed E-state index contributed by atoms with van der Waals surface area (Å²) in [7, 11) is 2.52. The van der Waals surface area contributed by atoms with E-state index in [1.807, 2.05) is 64.1 Å². The first-order valence-corrected chi connectivity index (χ1v) is 20.9. The van der Waals surface area contributed by atoms with Gasteiger partial charge in [-0.25, -0.2) is 14.6 Å². The molecule has 1 spiro atoms. The van der Waals surface area contributed by atoms with Crippen LogP contribution in [-0.2, 0) is 28.6 Å². The van der Waals surface area contributed by atoms with E-state index in [1.54, 1.807) is 23.2 Å². The fourth-order valence-corrected chi connectivity index (χ4v) is 8.93. The van der Waals surface area contributed by atoms with E-state index in [9.17, 15) is 28.8 Å². The van der Waals surface area contributed by atoms with Gasteiger partial charge >= 0.3 is 12.2 Å². The van der Waals surface area contributed by atoms with Gasteiger partial charge in [-0.2, -0.15) is 0 Å². The fourth-order valence-electron chi connectivity index (χ4n) is 8.93. The molecule has 3 heterocycles. The first-order chi connectivity index (χ1) is 28.7. The normalized spacial score (nSPS) is 20.7. The van der Waals surface area contributed by atoms with Gasteiger partial charge in [0.1, 0.15) is 17.9 Å². The van der Waals surface area contributed by atoms with Crippen LogP contribution >= 0.6 is 0 Å². The molecule has 0 bridgehead atoms. The number of ether oxygens (including phenoxy) is 3. The summed E-state index contributed by atoms with van der Waals surface area (Å²) in [6.07, 6.45) is 4.75. The largest absolute Gasteiger partial charge is 0.453 e. The van der Waals surface area contributed by atoms with Crippen molar-refractivity contribution in [1.82, 2.24) is 30.8 Å². The molecule has 3 aromatic rings. The minimum absolute atomic E-state index is 0.00217. The van der Waals surface area contributed by atoms with Crippen LogP contribution in [-0.4, -0.2) is 109 Å². The zero-order chi connectivity index (χ0) is 43.1. The van der Waals surface area contributed by atoms with Crippen molar-refractivity contribution < 1.29 is 43.0 Å². The number of hydrogen-bond donors (Lipinski definition) is 4. The van der Waals surface area contributed by atoms with Crippen LogP contribution in [0.15, 0.2) is 54.7 Å². The molecular weight excluding hydrogens is 769 g/mol. The number of Topliss-reactive ketones (excluding diaryl/α,β-unsaturated/α-hetero) is 2. The summed E-state index contributed by atoms with van der Waals surface area (Å²) in [5, 5.41) is 8.14. The molecule has 2 aliphatic heterocycles. The Bertz CT molecular complexity index is 2020. The molecule has 2 unspecified atom stereocenters. The first kappa shape index (κ1) is 44.0. The number of hydrogen-bond acceptors (Lipinski definition) is 10. The number of nitrogens with zero attached hydrogens (tertiary/aromatic N) is 2. The van der Waals surface area contributed by atoms with E-state index < -0.39 is 36.2 Å². The van der Waals surface area contributed by atoms with Crippen LogP contribution in [0.5, 0.6) is 0 Å². The molecule has 15 nitrogen and oxygen atoms in total. The van der Waals surface area contributed by atoms with Crippen LogP contribution in [0.25, 0.3) is 22.4 Å². The van der Waals surface area contributed by atoms with Gasteiger partial charge in [-0.05, 0) is 66.0 Å². The lowest BCUT2D eigenvalue weighted by molar-refractivity contribution is -0.140. The Balaban J connectivity index is 1.07. The first-order valence-electron chi connectivity index (χ1n) is 20.9. The molecule has 60 heavy (non-hydrogen) atoms. The Morgan fingerprint density at radius 3 is 2.02 bits per heavy atom. The Morgan fingerprint density at radius 1 is 0.833 bits per heavy atom. The molecule has 3 fully saturated rings. The lowest BCUT2D eigenvalue weighted by Crippen LogP contribution is -2.55. The number of imidazole rings is 1. The molecule has 15 heteroatoms. The third-order valence-electron chi connectivity index (χ3n) is 12.5. The van der Waals surface area contributed by atoms with Gasteiger partial charge in [-0.15, -0.1) is 0 Å². The van der Waals surface area contributed by atoms with Gasteiger partial charge in [-0.3, -0.25) is 19.2 Å². The van der Waals surface area contributed by atoms with E-state index in [4.69, 9.17) is 14.2 Å². The molecule has 2 aromatic carbocycles. The molecule has 3 aliphatic rings. The Labute approximate surface area is 351 Å². The van der Waals surface area contributed by atoms with Crippen molar-refractivity contribution in [3.05, 3.63) is 66.1 Å². The monoisotopic (exact) mass is 826 g/mol. The highest BCUT2D eigenvalue weighted by atomic mass is 16.5. The topological polar surface area (TPSA) is 198 Å². The van der Waals surface area contributed by atoms with Gasteiger partial charge in [0.15, 0.2) is 11.6 Å². The standard InChI is InChI=1S/C45H58N6O9/c1-26(2)37(49-43(56)58-5)39(53)32-8-7-9-33(32)40-46-23-34(48-40)30-14-10-28(11-15-30)29-12-16-31(17-13-29)36(52)24-47-41(54)35-22-45(18-20-60-21-19-45)25-51(35)42(55)38(27(3)4)50-44(57)59-6/h10-17,23,26-27,32-33,35,37-38H,7-9,18-22,24-25H2,1-6H3,(H,46,48)(H,47,54)(H,49,56)(H,50,57)/t32?,33-,35?,37+,38+/m1/s1. The SMILES string of the molecule is COC(=O)N[C@H](C(=O)C1CCC[C@H]1c1ncc(-c2ccc(-c3ccc(C(=O)CNC(=O)C4CC5(CCOCC5)CN4C(=O)[C@@H](NC(=O)OC)C(C)C)cc3)cc2)[nH]1)C(C)C. The van der Waals surface area contributed by atoms with Crippen molar-refractivity contribution in [3.8, 4) is 22.4 Å². The number of likely N-dealkylation sites (tertiary alicyclic amines) is 1. The third-order valence-corrected chi connectivity index (χ3v) is 12.5. The van der Waals surface area contributed by atoms with Crippen LogP contribution in [0.2, 0.25) is 0 Å². The number of aromatic nitrogens is 2. The number of H-pyrrole nitrogens is 1. The summed E-state index contributed by atoms with van der Waals surface area (Å²) in [6.45, 7) is 8.66. The maximum Gasteiger partial charge on any atom is 0.407 e. The molecule has 1 aromatic heterocycles. The van der Waals surface area contributed by atoms with Crippen molar-refractivity contribution in [2.75, 3.05) is 40.5 Å². The number of carbonyl (C=O) groups is 6. The predicted octanol–water partition coefficient (Wildman–Crippen LogP) is 5.65. The molecule has 6 rings (SSSR count). The smallest absolute Gasteiger partial charge is 0.407 e. The molecular formula is C45H58N6O9. The third kappa shape index (κ3) is 9.89.